The van der Waals surface area contributed by atoms with Crippen LogP contribution in [0, 0.1) is 10.5 Å². The lowest BCUT2D eigenvalue weighted by Gasteiger charge is -2.15. The van der Waals surface area contributed by atoms with E-state index in [1.807, 2.05) is 19.1 Å². The van der Waals surface area contributed by atoms with Crippen molar-refractivity contribution in [1.29, 1.82) is 0 Å². The van der Waals surface area contributed by atoms with Crippen LogP contribution in [0.4, 0.5) is 0 Å². The Morgan fingerprint density at radius 3 is 2.61 bits per heavy atom. The molecule has 3 aromatic carbocycles. The van der Waals surface area contributed by atoms with Gasteiger partial charge in [0, 0.05) is 4.47 Å². The van der Waals surface area contributed by atoms with Gasteiger partial charge in [0.25, 0.3) is 5.56 Å². The third-order valence-corrected chi connectivity index (χ3v) is 6.50. The normalized spacial score (nSPS) is 11.2. The van der Waals surface area contributed by atoms with Crippen LogP contribution < -0.4 is 15.0 Å². The standard InChI is InChI=1S/C26H21BrIN3O5/c1-3-35-23-11-17(10-21(28)24(23)36-14-16-4-6-18(7-5-16)26(33)34)13-29-31-15(2)30-22-9-8-19(27)12-20(22)25(31)32/h4-13H,3,14H2,1-2H3,(H,33,34). The molecule has 0 bridgehead atoms. The van der Waals surface area contributed by atoms with E-state index >= 15 is 0 Å². The molecule has 184 valence electrons. The number of halogens is 2. The fourth-order valence-corrected chi connectivity index (χ4v) is 4.63. The minimum absolute atomic E-state index is 0.218. The summed E-state index contributed by atoms with van der Waals surface area (Å²) in [5.41, 5.74) is 2.12. The number of ether oxygens (including phenoxy) is 2. The largest absolute Gasteiger partial charge is 0.490 e. The highest BCUT2D eigenvalue weighted by molar-refractivity contribution is 14.1. The Balaban J connectivity index is 1.62. The van der Waals surface area contributed by atoms with E-state index in [0.29, 0.717) is 34.8 Å². The van der Waals surface area contributed by atoms with Crippen LogP contribution in [0.25, 0.3) is 10.9 Å². The maximum absolute atomic E-state index is 13.0. The van der Waals surface area contributed by atoms with Gasteiger partial charge < -0.3 is 14.6 Å². The Labute approximate surface area is 228 Å². The van der Waals surface area contributed by atoms with Crippen molar-refractivity contribution in [2.75, 3.05) is 6.61 Å². The first-order valence-corrected chi connectivity index (χ1v) is 12.8. The van der Waals surface area contributed by atoms with Gasteiger partial charge in [0.2, 0.25) is 0 Å². The fourth-order valence-electron chi connectivity index (χ4n) is 3.48. The molecule has 0 amide bonds. The summed E-state index contributed by atoms with van der Waals surface area (Å²) in [6.07, 6.45) is 1.58. The number of aromatic nitrogens is 2. The molecule has 0 spiro atoms. The highest BCUT2D eigenvalue weighted by Crippen LogP contribution is 2.34. The molecule has 1 N–H and O–H groups in total. The molecule has 0 aliphatic carbocycles. The van der Waals surface area contributed by atoms with Gasteiger partial charge in [-0.2, -0.15) is 9.78 Å². The second-order valence-corrected chi connectivity index (χ2v) is 9.81. The third kappa shape index (κ3) is 5.76. The summed E-state index contributed by atoms with van der Waals surface area (Å²) >= 11 is 5.55. The number of nitrogens with zero attached hydrogens (tertiary/aromatic N) is 3. The van der Waals surface area contributed by atoms with E-state index in [9.17, 15) is 9.59 Å². The van der Waals surface area contributed by atoms with Gasteiger partial charge in [0.05, 0.1) is 32.9 Å². The number of carbonyl (C=O) groups is 1. The quantitative estimate of drug-likeness (QED) is 0.194. The van der Waals surface area contributed by atoms with E-state index in [4.69, 9.17) is 14.6 Å². The molecule has 0 aliphatic heterocycles. The molecule has 10 heteroatoms. The molecule has 0 saturated heterocycles. The van der Waals surface area contributed by atoms with Gasteiger partial charge >= 0.3 is 5.97 Å². The summed E-state index contributed by atoms with van der Waals surface area (Å²) in [6, 6.07) is 15.5. The van der Waals surface area contributed by atoms with Crippen molar-refractivity contribution >= 4 is 61.6 Å². The zero-order valence-electron chi connectivity index (χ0n) is 19.4. The van der Waals surface area contributed by atoms with Crippen LogP contribution in [-0.4, -0.2) is 33.6 Å². The van der Waals surface area contributed by atoms with Crippen LogP contribution in [0.15, 0.2) is 69.0 Å². The fraction of sp³-hybridized carbons (Fsp3) is 0.154. The first-order valence-electron chi connectivity index (χ1n) is 10.9. The topological polar surface area (TPSA) is 103 Å². The smallest absolute Gasteiger partial charge is 0.335 e. The van der Waals surface area contributed by atoms with E-state index in [0.717, 1.165) is 19.2 Å². The molecule has 0 saturated carbocycles. The van der Waals surface area contributed by atoms with E-state index in [1.54, 1.807) is 55.6 Å². The summed E-state index contributed by atoms with van der Waals surface area (Å²) in [7, 11) is 0. The van der Waals surface area contributed by atoms with Crippen LogP contribution in [-0.2, 0) is 6.61 Å². The average Bonchev–Trinajstić information content (AvgIpc) is 2.84. The molecule has 36 heavy (non-hydrogen) atoms. The molecule has 4 aromatic rings. The minimum Gasteiger partial charge on any atom is -0.490 e. The number of fused-ring (bicyclic) bond motifs is 1. The Bertz CT molecular complexity index is 1530. The van der Waals surface area contributed by atoms with Crippen LogP contribution in [0.1, 0.15) is 34.2 Å². The van der Waals surface area contributed by atoms with Crippen molar-refractivity contribution in [3.8, 4) is 11.5 Å². The lowest BCUT2D eigenvalue weighted by molar-refractivity contribution is 0.0697. The molecule has 0 unspecified atom stereocenters. The summed E-state index contributed by atoms with van der Waals surface area (Å²) < 4.78 is 14.7. The van der Waals surface area contributed by atoms with Crippen LogP contribution in [0.2, 0.25) is 0 Å². The van der Waals surface area contributed by atoms with Crippen LogP contribution >= 0.6 is 38.5 Å². The van der Waals surface area contributed by atoms with Crippen molar-refractivity contribution in [1.82, 2.24) is 9.66 Å². The van der Waals surface area contributed by atoms with Crippen LogP contribution in [0.5, 0.6) is 11.5 Å². The Hall–Kier alpha value is -3.25. The van der Waals surface area contributed by atoms with E-state index < -0.39 is 5.97 Å². The molecule has 8 nitrogen and oxygen atoms in total. The lowest BCUT2D eigenvalue weighted by Crippen LogP contribution is -2.20. The average molecular weight is 662 g/mol. The Morgan fingerprint density at radius 2 is 1.92 bits per heavy atom. The maximum atomic E-state index is 13.0. The molecule has 0 aliphatic rings. The number of aryl methyl sites for hydroxylation is 1. The van der Waals surface area contributed by atoms with E-state index in [1.165, 1.54) is 4.68 Å². The summed E-state index contributed by atoms with van der Waals surface area (Å²) in [5.74, 6) is 0.609. The zero-order valence-corrected chi connectivity index (χ0v) is 23.1. The molecule has 4 rings (SSSR count). The molecule has 0 atom stereocenters. The van der Waals surface area contributed by atoms with Crippen LogP contribution in [0.3, 0.4) is 0 Å². The van der Waals surface area contributed by atoms with Crippen molar-refractivity contribution < 1.29 is 19.4 Å². The summed E-state index contributed by atoms with van der Waals surface area (Å²) in [4.78, 5) is 28.5. The van der Waals surface area contributed by atoms with Gasteiger partial charge in [-0.25, -0.2) is 9.78 Å². The lowest BCUT2D eigenvalue weighted by atomic mass is 10.1. The van der Waals surface area contributed by atoms with E-state index in [-0.39, 0.29) is 17.7 Å². The second kappa shape index (κ2) is 11.2. The maximum Gasteiger partial charge on any atom is 0.335 e. The monoisotopic (exact) mass is 661 g/mol. The number of aromatic carboxylic acids is 1. The summed E-state index contributed by atoms with van der Waals surface area (Å²) in [5, 5.41) is 13.9. The molecular weight excluding hydrogens is 641 g/mol. The number of hydrogen-bond donors (Lipinski definition) is 1. The van der Waals surface area contributed by atoms with Crippen molar-refractivity contribution in [3.63, 3.8) is 0 Å². The van der Waals surface area contributed by atoms with Gasteiger partial charge in [0.1, 0.15) is 12.4 Å². The molecule has 1 aromatic heterocycles. The van der Waals surface area contributed by atoms with Gasteiger partial charge in [-0.1, -0.05) is 28.1 Å². The SMILES string of the molecule is CCOc1cc(C=Nn2c(C)nc3ccc(Br)cc3c2=O)cc(I)c1OCc1ccc(C(=O)O)cc1. The van der Waals surface area contributed by atoms with E-state index in [2.05, 4.69) is 48.6 Å². The van der Waals surface area contributed by atoms with Crippen molar-refractivity contribution in [2.45, 2.75) is 20.5 Å². The summed E-state index contributed by atoms with van der Waals surface area (Å²) in [6.45, 7) is 4.29. The van der Waals surface area contributed by atoms with Crippen molar-refractivity contribution in [2.24, 2.45) is 5.10 Å². The number of carboxylic acid groups (broad SMARTS) is 1. The molecule has 0 radical (unpaired) electrons. The Kier molecular flexibility index (Phi) is 8.04. The Morgan fingerprint density at radius 1 is 1.17 bits per heavy atom. The first kappa shape index (κ1) is 25.8. The first-order chi connectivity index (χ1) is 17.3. The number of benzene rings is 3. The van der Waals surface area contributed by atoms with Gasteiger partial charge in [0.15, 0.2) is 11.5 Å². The van der Waals surface area contributed by atoms with Gasteiger partial charge in [-0.05, 0) is 90.0 Å². The predicted molar refractivity (Wildman–Crippen MR) is 149 cm³/mol. The molecule has 1 heterocycles. The highest BCUT2D eigenvalue weighted by atomic mass is 127. The van der Waals surface area contributed by atoms with Gasteiger partial charge in [-0.15, -0.1) is 0 Å². The second-order valence-electron chi connectivity index (χ2n) is 7.74. The predicted octanol–water partition coefficient (Wildman–Crippen LogP) is 5.63. The van der Waals surface area contributed by atoms with Crippen molar-refractivity contribution in [3.05, 3.63) is 95.5 Å². The minimum atomic E-state index is -0.974. The number of hydrogen-bond acceptors (Lipinski definition) is 6. The highest BCUT2D eigenvalue weighted by Gasteiger charge is 2.13. The zero-order chi connectivity index (χ0) is 25.8. The number of rotatable bonds is 8. The molecule has 0 fully saturated rings. The third-order valence-electron chi connectivity index (χ3n) is 5.21. The number of carboxylic acids is 1. The molecular formula is C26H21BrIN3O5. The van der Waals surface area contributed by atoms with Gasteiger partial charge in [-0.3, -0.25) is 4.79 Å².